The number of benzene rings is 1. The lowest BCUT2D eigenvalue weighted by molar-refractivity contribution is 0.194. The van der Waals surface area contributed by atoms with Gasteiger partial charge in [-0.15, -0.1) is 0 Å². The van der Waals surface area contributed by atoms with Gasteiger partial charge >= 0.3 is 0 Å². The molecule has 1 aromatic rings. The van der Waals surface area contributed by atoms with Gasteiger partial charge in [-0.1, -0.05) is 6.07 Å². The van der Waals surface area contributed by atoms with Gasteiger partial charge in [0, 0.05) is 12.6 Å². The first kappa shape index (κ1) is 14.4. The van der Waals surface area contributed by atoms with Crippen LogP contribution in [-0.2, 0) is 0 Å². The van der Waals surface area contributed by atoms with E-state index < -0.39 is 0 Å². The fourth-order valence-electron chi connectivity index (χ4n) is 2.67. The van der Waals surface area contributed by atoms with Crippen LogP contribution in [0.15, 0.2) is 18.2 Å². The highest BCUT2D eigenvalue weighted by Crippen LogP contribution is 2.16. The zero-order valence-corrected chi connectivity index (χ0v) is 12.2. The highest BCUT2D eigenvalue weighted by molar-refractivity contribution is 5.32. The molecule has 106 valence electrons. The van der Waals surface area contributed by atoms with Crippen molar-refractivity contribution in [3.05, 3.63) is 29.3 Å². The van der Waals surface area contributed by atoms with Crippen LogP contribution in [0, 0.1) is 13.8 Å². The fraction of sp³-hybridized carbons (Fsp3) is 0.625. The maximum atomic E-state index is 5.90. The van der Waals surface area contributed by atoms with Gasteiger partial charge in [0.05, 0.1) is 6.61 Å². The number of nitrogens with two attached hydrogens (primary N) is 1. The van der Waals surface area contributed by atoms with Crippen LogP contribution in [0.3, 0.4) is 0 Å². The van der Waals surface area contributed by atoms with Gasteiger partial charge in [0.25, 0.3) is 0 Å². The van der Waals surface area contributed by atoms with Crippen molar-refractivity contribution >= 4 is 0 Å². The van der Waals surface area contributed by atoms with Crippen molar-refractivity contribution in [2.24, 2.45) is 5.73 Å². The molecule has 1 heterocycles. The Morgan fingerprint density at radius 1 is 1.16 bits per heavy atom. The molecule has 0 radical (unpaired) electrons. The van der Waals surface area contributed by atoms with Crippen molar-refractivity contribution in [3.63, 3.8) is 0 Å². The Bertz CT molecular complexity index is 377. The molecule has 0 bridgehead atoms. The first-order valence-corrected chi connectivity index (χ1v) is 7.32. The minimum atomic E-state index is 0.419. The van der Waals surface area contributed by atoms with Crippen LogP contribution in [-0.4, -0.2) is 37.2 Å². The van der Waals surface area contributed by atoms with Gasteiger partial charge in [-0.3, -0.25) is 0 Å². The van der Waals surface area contributed by atoms with E-state index in [1.54, 1.807) is 0 Å². The summed E-state index contributed by atoms with van der Waals surface area (Å²) in [6, 6.07) is 6.80. The van der Waals surface area contributed by atoms with E-state index in [4.69, 9.17) is 10.5 Å². The molecule has 2 N–H and O–H groups in total. The highest BCUT2D eigenvalue weighted by atomic mass is 16.5. The monoisotopic (exact) mass is 262 g/mol. The molecule has 1 saturated heterocycles. The zero-order chi connectivity index (χ0) is 13.7. The molecule has 0 aromatic heterocycles. The predicted molar refractivity (Wildman–Crippen MR) is 79.7 cm³/mol. The number of nitrogens with zero attached hydrogens (tertiary/aromatic N) is 1. The average molecular weight is 262 g/mol. The summed E-state index contributed by atoms with van der Waals surface area (Å²) in [5.41, 5.74) is 8.43. The van der Waals surface area contributed by atoms with Crippen LogP contribution < -0.4 is 10.5 Å². The minimum Gasteiger partial charge on any atom is -0.494 e. The number of hydrogen-bond donors (Lipinski definition) is 1. The molecule has 2 rings (SSSR count). The van der Waals surface area contributed by atoms with Crippen molar-refractivity contribution < 1.29 is 4.74 Å². The lowest BCUT2D eigenvalue weighted by atomic mass is 10.1. The summed E-state index contributed by atoms with van der Waals surface area (Å²) in [6.45, 7) is 8.42. The Kier molecular flexibility index (Phi) is 5.23. The summed E-state index contributed by atoms with van der Waals surface area (Å²) in [5.74, 6) is 0.998. The Balaban J connectivity index is 1.66. The topological polar surface area (TPSA) is 38.5 Å². The summed E-state index contributed by atoms with van der Waals surface area (Å²) in [6.07, 6.45) is 3.36. The van der Waals surface area contributed by atoms with Crippen molar-refractivity contribution in [1.82, 2.24) is 4.90 Å². The van der Waals surface area contributed by atoms with Crippen LogP contribution >= 0.6 is 0 Å². The molecular weight excluding hydrogens is 236 g/mol. The normalized spacial score (nSPS) is 17.6. The van der Waals surface area contributed by atoms with E-state index in [1.807, 2.05) is 0 Å². The van der Waals surface area contributed by atoms with E-state index in [2.05, 4.69) is 36.9 Å². The molecule has 1 aliphatic heterocycles. The fourth-order valence-corrected chi connectivity index (χ4v) is 2.67. The van der Waals surface area contributed by atoms with Crippen molar-refractivity contribution in [3.8, 4) is 5.75 Å². The second-order valence-corrected chi connectivity index (χ2v) is 5.70. The zero-order valence-electron chi connectivity index (χ0n) is 12.2. The number of rotatable bonds is 5. The SMILES string of the molecule is Cc1cc(C)cc(OCCCN2CCC(N)CC2)c1. The molecule has 0 amide bonds. The maximum Gasteiger partial charge on any atom is 0.119 e. The third-order valence-corrected chi connectivity index (χ3v) is 3.71. The quantitative estimate of drug-likeness (QED) is 0.829. The summed E-state index contributed by atoms with van der Waals surface area (Å²) >= 11 is 0. The van der Waals surface area contributed by atoms with Crippen molar-refractivity contribution in [2.45, 2.75) is 39.2 Å². The molecule has 1 aromatic carbocycles. The molecule has 3 heteroatoms. The van der Waals surface area contributed by atoms with E-state index in [0.717, 1.165) is 51.3 Å². The van der Waals surface area contributed by atoms with E-state index in [1.165, 1.54) is 11.1 Å². The van der Waals surface area contributed by atoms with E-state index in [9.17, 15) is 0 Å². The molecule has 0 atom stereocenters. The van der Waals surface area contributed by atoms with Gasteiger partial charge in [-0.25, -0.2) is 0 Å². The third kappa shape index (κ3) is 4.84. The summed E-state index contributed by atoms with van der Waals surface area (Å²) in [7, 11) is 0. The molecule has 0 unspecified atom stereocenters. The number of aryl methyl sites for hydroxylation is 2. The number of likely N-dealkylation sites (tertiary alicyclic amines) is 1. The maximum absolute atomic E-state index is 5.90. The van der Waals surface area contributed by atoms with Crippen LogP contribution in [0.5, 0.6) is 5.75 Å². The van der Waals surface area contributed by atoms with Crippen LogP contribution in [0.25, 0.3) is 0 Å². The van der Waals surface area contributed by atoms with Gasteiger partial charge in [-0.05, 0) is 69.5 Å². The third-order valence-electron chi connectivity index (χ3n) is 3.71. The predicted octanol–water partition coefficient (Wildman–Crippen LogP) is 2.50. The standard InChI is InChI=1S/C16H26N2O/c1-13-10-14(2)12-16(11-13)19-9-3-6-18-7-4-15(17)5-8-18/h10-12,15H,3-9,17H2,1-2H3. The van der Waals surface area contributed by atoms with E-state index in [0.29, 0.717) is 6.04 Å². The Morgan fingerprint density at radius 2 is 1.79 bits per heavy atom. The van der Waals surface area contributed by atoms with Crippen LogP contribution in [0.1, 0.15) is 30.4 Å². The highest BCUT2D eigenvalue weighted by Gasteiger charge is 2.15. The number of hydrogen-bond acceptors (Lipinski definition) is 3. The second kappa shape index (κ2) is 6.92. The van der Waals surface area contributed by atoms with Crippen LogP contribution in [0.4, 0.5) is 0 Å². The summed E-state index contributed by atoms with van der Waals surface area (Å²) in [4.78, 5) is 2.49. The summed E-state index contributed by atoms with van der Waals surface area (Å²) in [5, 5.41) is 0. The largest absolute Gasteiger partial charge is 0.494 e. The lowest BCUT2D eigenvalue weighted by Gasteiger charge is -2.29. The first-order valence-electron chi connectivity index (χ1n) is 7.32. The van der Waals surface area contributed by atoms with Gasteiger partial charge in [0.2, 0.25) is 0 Å². The van der Waals surface area contributed by atoms with E-state index in [-0.39, 0.29) is 0 Å². The molecule has 3 nitrogen and oxygen atoms in total. The Morgan fingerprint density at radius 3 is 2.42 bits per heavy atom. The average Bonchev–Trinajstić information content (AvgIpc) is 2.36. The Hall–Kier alpha value is -1.06. The molecule has 0 aliphatic carbocycles. The number of piperidine rings is 1. The van der Waals surface area contributed by atoms with Gasteiger partial charge in [-0.2, -0.15) is 0 Å². The number of ether oxygens (including phenoxy) is 1. The van der Waals surface area contributed by atoms with Gasteiger partial charge < -0.3 is 15.4 Å². The molecule has 0 saturated carbocycles. The molecule has 1 fully saturated rings. The van der Waals surface area contributed by atoms with Crippen LogP contribution in [0.2, 0.25) is 0 Å². The Labute approximate surface area is 116 Å². The van der Waals surface area contributed by atoms with Gasteiger partial charge in [0.15, 0.2) is 0 Å². The summed E-state index contributed by atoms with van der Waals surface area (Å²) < 4.78 is 5.83. The molecule has 19 heavy (non-hydrogen) atoms. The second-order valence-electron chi connectivity index (χ2n) is 5.70. The molecule has 1 aliphatic rings. The minimum absolute atomic E-state index is 0.419. The molecular formula is C16H26N2O. The van der Waals surface area contributed by atoms with Gasteiger partial charge in [0.1, 0.15) is 5.75 Å². The van der Waals surface area contributed by atoms with Crippen molar-refractivity contribution in [2.75, 3.05) is 26.2 Å². The van der Waals surface area contributed by atoms with E-state index >= 15 is 0 Å². The first-order chi connectivity index (χ1) is 9.13. The van der Waals surface area contributed by atoms with Crippen molar-refractivity contribution in [1.29, 1.82) is 0 Å². The smallest absolute Gasteiger partial charge is 0.119 e. The molecule has 0 spiro atoms. The lowest BCUT2D eigenvalue weighted by Crippen LogP contribution is -2.40.